The maximum Gasteiger partial charge on any atom is 0.312 e. The van der Waals surface area contributed by atoms with Gasteiger partial charge in [-0.2, -0.15) is 10.4 Å². The van der Waals surface area contributed by atoms with Crippen LogP contribution in [-0.2, 0) is 20.7 Å². The molecule has 0 atom stereocenters. The number of ketones is 1. The largest absolute Gasteiger partial charge is 0.457 e. The average molecular weight is 326 g/mol. The Labute approximate surface area is 136 Å². The summed E-state index contributed by atoms with van der Waals surface area (Å²) in [6, 6.07) is 8.36. The molecule has 8 heteroatoms. The van der Waals surface area contributed by atoms with Crippen LogP contribution < -0.4 is 11.3 Å². The number of Topliss-reactive ketones (excluding diaryl/α,β-unsaturated/α-hetero) is 1. The second-order valence-electron chi connectivity index (χ2n) is 4.98. The summed E-state index contributed by atoms with van der Waals surface area (Å²) in [6.07, 6.45) is -0.224. The van der Waals surface area contributed by atoms with Crippen LogP contribution in [0.2, 0.25) is 0 Å². The van der Waals surface area contributed by atoms with Crippen molar-refractivity contribution in [2.75, 3.05) is 6.61 Å². The first-order valence-corrected chi connectivity index (χ1v) is 6.95. The van der Waals surface area contributed by atoms with Gasteiger partial charge in [-0.3, -0.25) is 14.4 Å². The zero-order chi connectivity index (χ0) is 17.7. The predicted molar refractivity (Wildman–Crippen MR) is 84.5 cm³/mol. The second-order valence-corrected chi connectivity index (χ2v) is 4.98. The molecule has 0 aliphatic carbocycles. The molecule has 24 heavy (non-hydrogen) atoms. The van der Waals surface area contributed by atoms with Gasteiger partial charge in [0.25, 0.3) is 5.56 Å². The highest BCUT2D eigenvalue weighted by molar-refractivity contribution is 6.01. The number of ether oxygens (including phenoxy) is 1. The zero-order valence-corrected chi connectivity index (χ0v) is 12.8. The van der Waals surface area contributed by atoms with Crippen molar-refractivity contribution in [3.05, 3.63) is 51.6 Å². The molecule has 0 aliphatic rings. The van der Waals surface area contributed by atoms with Crippen molar-refractivity contribution < 1.29 is 14.3 Å². The molecule has 0 saturated heterocycles. The van der Waals surface area contributed by atoms with Crippen molar-refractivity contribution in [2.45, 2.75) is 13.3 Å². The number of benzene rings is 1. The van der Waals surface area contributed by atoms with Crippen molar-refractivity contribution in [2.24, 2.45) is 5.73 Å². The van der Waals surface area contributed by atoms with E-state index in [0.717, 1.165) is 0 Å². The van der Waals surface area contributed by atoms with Gasteiger partial charge < -0.3 is 10.5 Å². The van der Waals surface area contributed by atoms with Crippen LogP contribution in [0.5, 0.6) is 0 Å². The number of carbonyl (C=O) groups excluding carboxylic acids is 2. The lowest BCUT2D eigenvalue weighted by atomic mass is 10.1. The summed E-state index contributed by atoms with van der Waals surface area (Å²) in [5, 5.41) is 15.9. The van der Waals surface area contributed by atoms with Gasteiger partial charge in [-0.1, -0.05) is 18.2 Å². The molecule has 1 aromatic carbocycles. The Kier molecular flexibility index (Phi) is 5.06. The number of hydrogen-bond donors (Lipinski definition) is 2. The fourth-order valence-corrected chi connectivity index (χ4v) is 2.08. The zero-order valence-electron chi connectivity index (χ0n) is 12.8. The van der Waals surface area contributed by atoms with Crippen LogP contribution in [-0.4, -0.2) is 28.6 Å². The van der Waals surface area contributed by atoms with Gasteiger partial charge in [-0.25, -0.2) is 5.10 Å². The number of rotatable bonds is 5. The number of nitriles is 1. The lowest BCUT2D eigenvalue weighted by molar-refractivity contribution is -0.146. The van der Waals surface area contributed by atoms with Crippen LogP contribution in [0.3, 0.4) is 0 Å². The lowest BCUT2D eigenvalue weighted by Gasteiger charge is -2.06. The number of aromatic amines is 1. The number of H-pyrrole nitrogens is 1. The van der Waals surface area contributed by atoms with Gasteiger partial charge in [0.15, 0.2) is 6.61 Å². The quantitative estimate of drug-likeness (QED) is 0.458. The third kappa shape index (κ3) is 3.64. The van der Waals surface area contributed by atoms with Crippen molar-refractivity contribution in [3.8, 4) is 6.07 Å². The number of nitrogens with two attached hydrogens (primary N) is 1. The Balaban J connectivity index is 2.11. The Bertz CT molecular complexity index is 933. The predicted octanol–water partition coefficient (Wildman–Crippen LogP) is 0.334. The summed E-state index contributed by atoms with van der Waals surface area (Å²) >= 11 is 0. The molecule has 1 heterocycles. The molecular weight excluding hydrogens is 312 g/mol. The van der Waals surface area contributed by atoms with Crippen molar-refractivity contribution in [1.29, 1.82) is 5.26 Å². The molecule has 0 unspecified atom stereocenters. The topological polar surface area (TPSA) is 139 Å². The smallest absolute Gasteiger partial charge is 0.312 e. The van der Waals surface area contributed by atoms with Gasteiger partial charge in [-0.05, 0) is 13.0 Å². The fraction of sp³-hybridized carbons (Fsp3) is 0.188. The highest BCUT2D eigenvalue weighted by Gasteiger charge is 2.16. The van der Waals surface area contributed by atoms with Gasteiger partial charge in [0.05, 0.1) is 17.5 Å². The molecule has 3 N–H and O–H groups in total. The number of fused-ring (bicyclic) bond motifs is 1. The van der Waals surface area contributed by atoms with E-state index in [1.807, 2.05) is 0 Å². The molecule has 0 saturated carbocycles. The Morgan fingerprint density at radius 1 is 1.33 bits per heavy atom. The molecule has 2 aromatic rings. The molecule has 0 fully saturated rings. The van der Waals surface area contributed by atoms with E-state index in [4.69, 9.17) is 15.7 Å². The third-order valence-electron chi connectivity index (χ3n) is 3.24. The first kappa shape index (κ1) is 16.9. The molecule has 0 radical (unpaired) electrons. The number of aromatic nitrogens is 2. The van der Waals surface area contributed by atoms with E-state index in [1.54, 1.807) is 30.3 Å². The number of hydrogen-bond acceptors (Lipinski definition) is 7. The summed E-state index contributed by atoms with van der Waals surface area (Å²) in [5.74, 6) is -1.38. The average Bonchev–Trinajstić information content (AvgIpc) is 2.56. The number of carbonyl (C=O) groups is 2. The minimum absolute atomic E-state index is 0.0619. The number of nitrogens with zero attached hydrogens (tertiary/aromatic N) is 2. The van der Waals surface area contributed by atoms with Crippen LogP contribution >= 0.6 is 0 Å². The molecule has 1 aromatic heterocycles. The second kappa shape index (κ2) is 7.19. The maximum atomic E-state index is 11.9. The van der Waals surface area contributed by atoms with E-state index in [-0.39, 0.29) is 23.3 Å². The molecule has 8 nitrogen and oxygen atoms in total. The first-order chi connectivity index (χ1) is 11.4. The van der Waals surface area contributed by atoms with Crippen LogP contribution in [0.15, 0.2) is 40.3 Å². The minimum Gasteiger partial charge on any atom is -0.457 e. The Morgan fingerprint density at radius 2 is 2.00 bits per heavy atom. The van der Waals surface area contributed by atoms with Crippen LogP contribution in [0.25, 0.3) is 10.8 Å². The van der Waals surface area contributed by atoms with Gasteiger partial charge in [0.1, 0.15) is 11.6 Å². The standard InChI is InChI=1S/C16H14N4O4/c1-9(18)12(7-17)14(21)8-24-15(22)6-13-10-4-2-3-5-11(10)16(23)20-19-13/h2-5H,6,8,18H2,1H3,(H,20,23)/b12-9-. The Morgan fingerprint density at radius 3 is 2.62 bits per heavy atom. The van der Waals surface area contributed by atoms with E-state index >= 15 is 0 Å². The highest BCUT2D eigenvalue weighted by Crippen LogP contribution is 2.13. The van der Waals surface area contributed by atoms with E-state index in [9.17, 15) is 14.4 Å². The van der Waals surface area contributed by atoms with Crippen LogP contribution in [0.1, 0.15) is 12.6 Å². The Hall–Kier alpha value is -3.47. The minimum atomic E-state index is -0.708. The lowest BCUT2D eigenvalue weighted by Crippen LogP contribution is -2.20. The molecule has 0 amide bonds. The summed E-state index contributed by atoms with van der Waals surface area (Å²) in [7, 11) is 0. The number of esters is 1. The summed E-state index contributed by atoms with van der Waals surface area (Å²) < 4.78 is 4.86. The monoisotopic (exact) mass is 326 g/mol. The van der Waals surface area contributed by atoms with Gasteiger partial charge in [-0.15, -0.1) is 0 Å². The van der Waals surface area contributed by atoms with Crippen molar-refractivity contribution in [3.63, 3.8) is 0 Å². The summed E-state index contributed by atoms with van der Waals surface area (Å²) in [5.41, 5.74) is 5.19. The first-order valence-electron chi connectivity index (χ1n) is 6.95. The molecule has 2 rings (SSSR count). The molecule has 122 valence electrons. The van der Waals surface area contributed by atoms with E-state index in [0.29, 0.717) is 16.5 Å². The number of allylic oxidation sites excluding steroid dienone is 1. The van der Waals surface area contributed by atoms with E-state index < -0.39 is 18.4 Å². The molecular formula is C16H14N4O4. The fourth-order valence-electron chi connectivity index (χ4n) is 2.08. The van der Waals surface area contributed by atoms with E-state index in [1.165, 1.54) is 6.92 Å². The molecule has 0 bridgehead atoms. The van der Waals surface area contributed by atoms with Gasteiger partial charge >= 0.3 is 5.97 Å². The van der Waals surface area contributed by atoms with Crippen molar-refractivity contribution in [1.82, 2.24) is 10.2 Å². The SMILES string of the molecule is C/C(N)=C(\C#N)C(=O)COC(=O)Cc1n[nH]c(=O)c2ccccc12. The van der Waals surface area contributed by atoms with Gasteiger partial charge in [0.2, 0.25) is 5.78 Å². The normalized spacial score (nSPS) is 11.5. The van der Waals surface area contributed by atoms with Crippen molar-refractivity contribution >= 4 is 22.5 Å². The molecule has 0 aliphatic heterocycles. The maximum absolute atomic E-state index is 11.9. The highest BCUT2D eigenvalue weighted by atomic mass is 16.5. The van der Waals surface area contributed by atoms with E-state index in [2.05, 4.69) is 10.2 Å². The molecule has 0 spiro atoms. The van der Waals surface area contributed by atoms with Crippen LogP contribution in [0.4, 0.5) is 0 Å². The number of nitrogens with one attached hydrogen (secondary N) is 1. The summed E-state index contributed by atoms with van der Waals surface area (Å²) in [6.45, 7) is 0.826. The van der Waals surface area contributed by atoms with Crippen LogP contribution in [0, 0.1) is 11.3 Å². The summed E-state index contributed by atoms with van der Waals surface area (Å²) in [4.78, 5) is 35.3. The third-order valence-corrected chi connectivity index (χ3v) is 3.24. The van der Waals surface area contributed by atoms with Gasteiger partial charge in [0, 0.05) is 11.1 Å².